The Kier molecular flexibility index (Phi) is 2.84. The molecular weight excluding hydrogens is 227 g/mol. The largest absolute Gasteiger partial charge is 0.418 e. The Morgan fingerprint density at radius 3 is 2.65 bits per heavy atom. The lowest BCUT2D eigenvalue weighted by molar-refractivity contribution is -0.137. The van der Waals surface area contributed by atoms with Crippen molar-refractivity contribution in [2.75, 3.05) is 5.32 Å². The summed E-state index contributed by atoms with van der Waals surface area (Å²) in [6, 6.07) is 4.40. The predicted octanol–water partition coefficient (Wildman–Crippen LogP) is 4.23. The first-order valence-corrected chi connectivity index (χ1v) is 5.83. The van der Waals surface area contributed by atoms with Gasteiger partial charge >= 0.3 is 6.18 Å². The van der Waals surface area contributed by atoms with Crippen LogP contribution in [0.1, 0.15) is 37.8 Å². The number of halogens is 3. The zero-order chi connectivity index (χ0) is 12.7. The number of anilines is 1. The molecule has 1 nitrogen and oxygen atoms in total. The number of aryl methyl sites for hydroxylation is 1. The van der Waals surface area contributed by atoms with Crippen LogP contribution < -0.4 is 5.32 Å². The summed E-state index contributed by atoms with van der Waals surface area (Å²) in [5.41, 5.74) is 0.268. The summed E-state index contributed by atoms with van der Waals surface area (Å²) in [7, 11) is 0. The van der Waals surface area contributed by atoms with E-state index in [1.807, 2.05) is 13.8 Å². The Balaban J connectivity index is 2.47. The minimum atomic E-state index is -4.29. The summed E-state index contributed by atoms with van der Waals surface area (Å²) in [6.45, 7) is 3.97. The standard InChI is InChI=1S/C13H16F3N/c1-3-12(2)8-7-9-5-4-6-10(11(9)17-12)13(14,15)16/h4-6,17H,3,7-8H2,1-2H3. The normalized spacial score (nSPS) is 24.1. The molecule has 0 fully saturated rings. The molecule has 1 N–H and O–H groups in total. The van der Waals surface area contributed by atoms with Crippen molar-refractivity contribution >= 4 is 5.69 Å². The first kappa shape index (κ1) is 12.3. The van der Waals surface area contributed by atoms with Gasteiger partial charge in [0.05, 0.1) is 11.3 Å². The molecule has 1 aromatic rings. The van der Waals surface area contributed by atoms with Gasteiger partial charge in [-0.15, -0.1) is 0 Å². The number of benzene rings is 1. The third-order valence-electron chi connectivity index (χ3n) is 3.61. The van der Waals surface area contributed by atoms with Crippen LogP contribution in [-0.4, -0.2) is 5.54 Å². The van der Waals surface area contributed by atoms with Gasteiger partial charge in [-0.1, -0.05) is 19.1 Å². The van der Waals surface area contributed by atoms with E-state index < -0.39 is 11.7 Å². The highest BCUT2D eigenvalue weighted by atomic mass is 19.4. The lowest BCUT2D eigenvalue weighted by atomic mass is 9.84. The summed E-state index contributed by atoms with van der Waals surface area (Å²) in [4.78, 5) is 0. The smallest absolute Gasteiger partial charge is 0.379 e. The Hall–Kier alpha value is -1.19. The third kappa shape index (κ3) is 2.26. The molecule has 1 aromatic carbocycles. The number of alkyl halides is 3. The van der Waals surface area contributed by atoms with Crippen LogP contribution in [-0.2, 0) is 12.6 Å². The minimum absolute atomic E-state index is 0.228. The van der Waals surface area contributed by atoms with Crippen molar-refractivity contribution in [2.45, 2.75) is 44.8 Å². The molecule has 0 bridgehead atoms. The summed E-state index contributed by atoms with van der Waals surface area (Å²) >= 11 is 0. The van der Waals surface area contributed by atoms with Crippen molar-refractivity contribution < 1.29 is 13.2 Å². The minimum Gasteiger partial charge on any atom is -0.379 e. The van der Waals surface area contributed by atoms with E-state index in [1.54, 1.807) is 6.07 Å². The van der Waals surface area contributed by atoms with E-state index in [0.717, 1.165) is 24.5 Å². The molecule has 17 heavy (non-hydrogen) atoms. The highest BCUT2D eigenvalue weighted by Gasteiger charge is 2.38. The van der Waals surface area contributed by atoms with Crippen LogP contribution in [0.15, 0.2) is 18.2 Å². The van der Waals surface area contributed by atoms with Crippen LogP contribution in [0.4, 0.5) is 18.9 Å². The van der Waals surface area contributed by atoms with Gasteiger partial charge in [-0.3, -0.25) is 0 Å². The molecule has 2 rings (SSSR count). The zero-order valence-corrected chi connectivity index (χ0v) is 9.99. The van der Waals surface area contributed by atoms with Gasteiger partial charge in [-0.25, -0.2) is 0 Å². The third-order valence-corrected chi connectivity index (χ3v) is 3.61. The van der Waals surface area contributed by atoms with Gasteiger partial charge in [-0.2, -0.15) is 13.2 Å². The van der Waals surface area contributed by atoms with Crippen LogP contribution in [0.25, 0.3) is 0 Å². The summed E-state index contributed by atoms with van der Waals surface area (Å²) in [6.07, 6.45) is -1.89. The Bertz CT molecular complexity index is 425. The highest BCUT2D eigenvalue weighted by Crippen LogP contribution is 2.41. The number of nitrogens with one attached hydrogen (secondary N) is 1. The maximum absolute atomic E-state index is 12.9. The van der Waals surface area contributed by atoms with Crippen LogP contribution in [0, 0.1) is 0 Å². The van der Waals surface area contributed by atoms with Crippen molar-refractivity contribution in [2.24, 2.45) is 0 Å². The predicted molar refractivity (Wildman–Crippen MR) is 62.1 cm³/mol. The Morgan fingerprint density at radius 2 is 2.06 bits per heavy atom. The second kappa shape index (κ2) is 3.93. The topological polar surface area (TPSA) is 12.0 Å². The van der Waals surface area contributed by atoms with Crippen molar-refractivity contribution in [3.05, 3.63) is 29.3 Å². The summed E-state index contributed by atoms with van der Waals surface area (Å²) in [5.74, 6) is 0. The van der Waals surface area contributed by atoms with Crippen molar-refractivity contribution in [1.82, 2.24) is 0 Å². The first-order chi connectivity index (χ1) is 7.86. The van der Waals surface area contributed by atoms with Gasteiger partial charge in [0.25, 0.3) is 0 Å². The lowest BCUT2D eigenvalue weighted by Gasteiger charge is -2.37. The van der Waals surface area contributed by atoms with Gasteiger partial charge in [0.2, 0.25) is 0 Å². The molecule has 4 heteroatoms. The second-order valence-corrected chi connectivity index (χ2v) is 4.88. The zero-order valence-electron chi connectivity index (χ0n) is 9.99. The molecule has 0 aromatic heterocycles. The van der Waals surface area contributed by atoms with Gasteiger partial charge in [-0.05, 0) is 37.8 Å². The SMILES string of the molecule is CCC1(C)CCc2cccc(C(F)(F)F)c2N1. The second-order valence-electron chi connectivity index (χ2n) is 4.88. The van der Waals surface area contributed by atoms with Gasteiger partial charge < -0.3 is 5.32 Å². The number of fused-ring (bicyclic) bond motifs is 1. The lowest BCUT2D eigenvalue weighted by Crippen LogP contribution is -2.38. The summed E-state index contributed by atoms with van der Waals surface area (Å²) < 4.78 is 38.7. The van der Waals surface area contributed by atoms with Gasteiger partial charge in [0.15, 0.2) is 0 Å². The van der Waals surface area contributed by atoms with Crippen molar-refractivity contribution in [3.8, 4) is 0 Å². The summed E-state index contributed by atoms with van der Waals surface area (Å²) in [5, 5.41) is 3.08. The van der Waals surface area contributed by atoms with E-state index in [2.05, 4.69) is 5.32 Å². The molecule has 1 atom stereocenters. The molecule has 94 valence electrons. The average Bonchev–Trinajstić information content (AvgIpc) is 2.27. The molecular formula is C13H16F3N. The van der Waals surface area contributed by atoms with Crippen LogP contribution >= 0.6 is 0 Å². The van der Waals surface area contributed by atoms with Crippen LogP contribution in [0.5, 0.6) is 0 Å². The first-order valence-electron chi connectivity index (χ1n) is 5.83. The molecule has 1 unspecified atom stereocenters. The highest BCUT2D eigenvalue weighted by molar-refractivity contribution is 5.62. The number of rotatable bonds is 1. The van der Waals surface area contributed by atoms with E-state index in [4.69, 9.17) is 0 Å². The van der Waals surface area contributed by atoms with Crippen molar-refractivity contribution in [1.29, 1.82) is 0 Å². The van der Waals surface area contributed by atoms with E-state index in [0.29, 0.717) is 6.42 Å². The monoisotopic (exact) mass is 243 g/mol. The molecule has 0 aliphatic carbocycles. The number of para-hydroxylation sites is 1. The fraction of sp³-hybridized carbons (Fsp3) is 0.538. The van der Waals surface area contributed by atoms with Gasteiger partial charge in [0.1, 0.15) is 0 Å². The molecule has 1 aliphatic heterocycles. The van der Waals surface area contributed by atoms with Crippen molar-refractivity contribution in [3.63, 3.8) is 0 Å². The molecule has 0 saturated heterocycles. The molecule has 0 spiro atoms. The fourth-order valence-electron chi connectivity index (χ4n) is 2.23. The fourth-order valence-corrected chi connectivity index (χ4v) is 2.23. The maximum atomic E-state index is 12.9. The average molecular weight is 243 g/mol. The van der Waals surface area contributed by atoms with E-state index >= 15 is 0 Å². The maximum Gasteiger partial charge on any atom is 0.418 e. The Labute approximate surface area is 99.0 Å². The molecule has 0 radical (unpaired) electrons. The van der Waals surface area contributed by atoms with E-state index in [-0.39, 0.29) is 11.2 Å². The van der Waals surface area contributed by atoms with Crippen LogP contribution in [0.2, 0.25) is 0 Å². The number of hydrogen-bond donors (Lipinski definition) is 1. The van der Waals surface area contributed by atoms with Crippen LogP contribution in [0.3, 0.4) is 0 Å². The molecule has 1 heterocycles. The Morgan fingerprint density at radius 1 is 1.35 bits per heavy atom. The van der Waals surface area contributed by atoms with E-state index in [9.17, 15) is 13.2 Å². The molecule has 1 aliphatic rings. The molecule has 0 amide bonds. The van der Waals surface area contributed by atoms with E-state index in [1.165, 1.54) is 6.07 Å². The quantitative estimate of drug-likeness (QED) is 0.778. The van der Waals surface area contributed by atoms with Gasteiger partial charge in [0, 0.05) is 5.54 Å². The molecule has 0 saturated carbocycles. The number of hydrogen-bond acceptors (Lipinski definition) is 1.